The number of aliphatic hydroxyl groups is 1. The van der Waals surface area contributed by atoms with E-state index in [1.165, 1.54) is 12.0 Å². The van der Waals surface area contributed by atoms with Crippen molar-refractivity contribution in [2.45, 2.75) is 39.3 Å². The van der Waals surface area contributed by atoms with Gasteiger partial charge in [-0.1, -0.05) is 31.5 Å². The van der Waals surface area contributed by atoms with Crippen LogP contribution in [-0.2, 0) is 0 Å². The summed E-state index contributed by atoms with van der Waals surface area (Å²) >= 11 is 0. The molecule has 0 spiro atoms. The van der Waals surface area contributed by atoms with Crippen LogP contribution in [0.25, 0.3) is 0 Å². The Labute approximate surface area is 109 Å². The lowest BCUT2D eigenvalue weighted by Gasteiger charge is -2.14. The molecule has 1 aliphatic carbocycles. The summed E-state index contributed by atoms with van der Waals surface area (Å²) in [5.74, 6) is 0.811. The molecule has 1 aromatic rings. The molecule has 0 radical (unpaired) electrons. The maximum Gasteiger partial charge on any atom is 0.119 e. The van der Waals surface area contributed by atoms with Crippen LogP contribution in [0.15, 0.2) is 24.3 Å². The standard InChI is InChI=1S/C15H23NO2/c1-11-4-6-13(7-5-11)18-10-12(17)9-16-14-8-15(14,2)3/h4-7,12,14,16-17H,8-10H2,1-3H3. The number of aryl methyl sites for hydroxylation is 1. The second-order valence-electron chi connectivity index (χ2n) is 5.93. The first-order valence-electron chi connectivity index (χ1n) is 6.58. The third-order valence-electron chi connectivity index (χ3n) is 3.58. The minimum atomic E-state index is -0.456. The number of nitrogens with one attached hydrogen (secondary N) is 1. The second-order valence-corrected chi connectivity index (χ2v) is 5.93. The summed E-state index contributed by atoms with van der Waals surface area (Å²) in [6.07, 6.45) is 0.737. The van der Waals surface area contributed by atoms with E-state index >= 15 is 0 Å². The fraction of sp³-hybridized carbons (Fsp3) is 0.600. The molecule has 2 rings (SSSR count). The molecule has 0 saturated heterocycles. The lowest BCUT2D eigenvalue weighted by molar-refractivity contribution is 0.105. The van der Waals surface area contributed by atoms with Crippen molar-refractivity contribution in [3.8, 4) is 5.75 Å². The van der Waals surface area contributed by atoms with Gasteiger partial charge in [0, 0.05) is 12.6 Å². The number of benzene rings is 1. The van der Waals surface area contributed by atoms with Gasteiger partial charge in [0.2, 0.25) is 0 Å². The molecule has 0 aromatic heterocycles. The lowest BCUT2D eigenvalue weighted by Crippen LogP contribution is -2.34. The normalized spacial score (nSPS) is 22.6. The summed E-state index contributed by atoms with van der Waals surface area (Å²) in [7, 11) is 0. The highest BCUT2D eigenvalue weighted by atomic mass is 16.5. The topological polar surface area (TPSA) is 41.5 Å². The number of aliphatic hydroxyl groups excluding tert-OH is 1. The van der Waals surface area contributed by atoms with Crippen molar-refractivity contribution in [3.63, 3.8) is 0 Å². The van der Waals surface area contributed by atoms with Crippen molar-refractivity contribution in [3.05, 3.63) is 29.8 Å². The summed E-state index contributed by atoms with van der Waals surface area (Å²) in [4.78, 5) is 0. The molecule has 100 valence electrons. The van der Waals surface area contributed by atoms with Crippen molar-refractivity contribution < 1.29 is 9.84 Å². The molecular formula is C15H23NO2. The lowest BCUT2D eigenvalue weighted by atomic mass is 10.2. The van der Waals surface area contributed by atoms with Crippen LogP contribution in [0.4, 0.5) is 0 Å². The van der Waals surface area contributed by atoms with Gasteiger partial charge < -0.3 is 15.2 Å². The summed E-state index contributed by atoms with van der Waals surface area (Å²) in [6, 6.07) is 8.42. The summed E-state index contributed by atoms with van der Waals surface area (Å²) in [6.45, 7) is 7.45. The monoisotopic (exact) mass is 249 g/mol. The van der Waals surface area contributed by atoms with E-state index in [1.54, 1.807) is 0 Å². The summed E-state index contributed by atoms with van der Waals surface area (Å²) in [5, 5.41) is 13.2. The molecular weight excluding hydrogens is 226 g/mol. The van der Waals surface area contributed by atoms with Crippen LogP contribution in [0.5, 0.6) is 5.75 Å². The second kappa shape index (κ2) is 5.29. The van der Waals surface area contributed by atoms with Crippen molar-refractivity contribution in [1.82, 2.24) is 5.32 Å². The van der Waals surface area contributed by atoms with Gasteiger partial charge in [-0.3, -0.25) is 0 Å². The maximum absolute atomic E-state index is 9.82. The SMILES string of the molecule is Cc1ccc(OCC(O)CNC2CC2(C)C)cc1. The van der Waals surface area contributed by atoms with Crippen molar-refractivity contribution in [1.29, 1.82) is 0 Å². The van der Waals surface area contributed by atoms with Crippen LogP contribution in [0.3, 0.4) is 0 Å². The Balaban J connectivity index is 1.65. The fourth-order valence-electron chi connectivity index (χ4n) is 1.98. The summed E-state index contributed by atoms with van der Waals surface area (Å²) in [5.41, 5.74) is 1.61. The number of ether oxygens (including phenoxy) is 1. The van der Waals surface area contributed by atoms with Gasteiger partial charge in [0.05, 0.1) is 0 Å². The van der Waals surface area contributed by atoms with Gasteiger partial charge in [0.25, 0.3) is 0 Å². The molecule has 3 nitrogen and oxygen atoms in total. The molecule has 0 heterocycles. The Morgan fingerprint density at radius 3 is 2.56 bits per heavy atom. The van der Waals surface area contributed by atoms with E-state index in [1.807, 2.05) is 31.2 Å². The Morgan fingerprint density at radius 2 is 2.00 bits per heavy atom. The van der Waals surface area contributed by atoms with Gasteiger partial charge in [-0.25, -0.2) is 0 Å². The van der Waals surface area contributed by atoms with E-state index < -0.39 is 6.10 Å². The van der Waals surface area contributed by atoms with Crippen molar-refractivity contribution in [2.24, 2.45) is 5.41 Å². The Hall–Kier alpha value is -1.06. The van der Waals surface area contributed by atoms with Crippen LogP contribution in [-0.4, -0.2) is 30.4 Å². The number of hydrogen-bond donors (Lipinski definition) is 2. The highest BCUT2D eigenvalue weighted by molar-refractivity contribution is 5.26. The van der Waals surface area contributed by atoms with Gasteiger partial charge in [-0.05, 0) is 30.9 Å². The minimum Gasteiger partial charge on any atom is -0.491 e. The van der Waals surface area contributed by atoms with Crippen LogP contribution in [0.1, 0.15) is 25.8 Å². The van der Waals surface area contributed by atoms with Crippen LogP contribution >= 0.6 is 0 Å². The molecule has 1 aliphatic rings. The zero-order chi connectivity index (χ0) is 13.2. The zero-order valence-corrected chi connectivity index (χ0v) is 11.4. The zero-order valence-electron chi connectivity index (χ0n) is 11.4. The largest absolute Gasteiger partial charge is 0.491 e. The molecule has 0 amide bonds. The van der Waals surface area contributed by atoms with E-state index in [-0.39, 0.29) is 0 Å². The molecule has 3 heteroatoms. The molecule has 1 saturated carbocycles. The molecule has 2 N–H and O–H groups in total. The third-order valence-corrected chi connectivity index (χ3v) is 3.58. The molecule has 1 aromatic carbocycles. The fourth-order valence-corrected chi connectivity index (χ4v) is 1.98. The predicted octanol–water partition coefficient (Wildman–Crippen LogP) is 2.12. The van der Waals surface area contributed by atoms with Crippen molar-refractivity contribution >= 4 is 0 Å². The first kappa shape index (κ1) is 13.4. The van der Waals surface area contributed by atoms with E-state index in [2.05, 4.69) is 19.2 Å². The van der Waals surface area contributed by atoms with E-state index in [9.17, 15) is 5.11 Å². The average molecular weight is 249 g/mol. The molecule has 0 bridgehead atoms. The smallest absolute Gasteiger partial charge is 0.119 e. The third kappa shape index (κ3) is 3.72. The molecule has 1 fully saturated rings. The maximum atomic E-state index is 9.82. The predicted molar refractivity (Wildman–Crippen MR) is 72.9 cm³/mol. The Morgan fingerprint density at radius 1 is 1.39 bits per heavy atom. The quantitative estimate of drug-likeness (QED) is 0.811. The Kier molecular flexibility index (Phi) is 3.93. The Bertz CT molecular complexity index is 386. The molecule has 2 unspecified atom stereocenters. The first-order chi connectivity index (χ1) is 8.47. The van der Waals surface area contributed by atoms with Gasteiger partial charge in [0.1, 0.15) is 18.5 Å². The minimum absolute atomic E-state index is 0.337. The van der Waals surface area contributed by atoms with E-state index in [4.69, 9.17) is 4.74 Å². The number of hydrogen-bond acceptors (Lipinski definition) is 3. The highest BCUT2D eigenvalue weighted by Crippen LogP contribution is 2.44. The number of rotatable bonds is 6. The van der Waals surface area contributed by atoms with E-state index in [0.717, 1.165) is 5.75 Å². The first-order valence-corrected chi connectivity index (χ1v) is 6.58. The summed E-state index contributed by atoms with van der Waals surface area (Å²) < 4.78 is 5.54. The molecule has 2 atom stereocenters. The van der Waals surface area contributed by atoms with Crippen LogP contribution < -0.4 is 10.1 Å². The van der Waals surface area contributed by atoms with Gasteiger partial charge >= 0.3 is 0 Å². The average Bonchev–Trinajstić information content (AvgIpc) is 2.94. The van der Waals surface area contributed by atoms with Gasteiger partial charge in [-0.15, -0.1) is 0 Å². The van der Waals surface area contributed by atoms with Gasteiger partial charge in [-0.2, -0.15) is 0 Å². The highest BCUT2D eigenvalue weighted by Gasteiger charge is 2.45. The molecule has 0 aliphatic heterocycles. The van der Waals surface area contributed by atoms with E-state index in [0.29, 0.717) is 24.6 Å². The van der Waals surface area contributed by atoms with Gasteiger partial charge in [0.15, 0.2) is 0 Å². The van der Waals surface area contributed by atoms with Crippen molar-refractivity contribution in [2.75, 3.05) is 13.2 Å². The van der Waals surface area contributed by atoms with Crippen LogP contribution in [0.2, 0.25) is 0 Å². The molecule has 18 heavy (non-hydrogen) atoms. The van der Waals surface area contributed by atoms with Crippen LogP contribution in [0, 0.1) is 12.3 Å².